The molecule has 0 heterocycles. The van der Waals surface area contributed by atoms with Gasteiger partial charge in [-0.1, -0.05) is 30.8 Å². The van der Waals surface area contributed by atoms with Crippen LogP contribution in [-0.4, -0.2) is 12.9 Å². The van der Waals surface area contributed by atoms with E-state index < -0.39 is 11.7 Å². The first-order valence-electron chi connectivity index (χ1n) is 6.66. The van der Waals surface area contributed by atoms with Crippen LogP contribution in [0.25, 0.3) is 5.70 Å². The molecule has 0 aliphatic rings. The highest BCUT2D eigenvalue weighted by Crippen LogP contribution is 2.30. The van der Waals surface area contributed by atoms with E-state index in [0.717, 1.165) is 12.1 Å². The van der Waals surface area contributed by atoms with Crippen LogP contribution < -0.4 is 10.5 Å². The van der Waals surface area contributed by atoms with Gasteiger partial charge in [0.2, 0.25) is 0 Å². The fourth-order valence-electron chi connectivity index (χ4n) is 1.91. The Morgan fingerprint density at radius 2 is 1.74 bits per heavy atom. The maximum absolute atomic E-state index is 12.5. The summed E-state index contributed by atoms with van der Waals surface area (Å²) >= 11 is 0. The normalized spacial score (nSPS) is 12.1. The summed E-state index contributed by atoms with van der Waals surface area (Å²) in [6, 6.07) is 11.6. The van der Waals surface area contributed by atoms with Gasteiger partial charge in [0.25, 0.3) is 0 Å². The summed E-state index contributed by atoms with van der Waals surface area (Å²) in [5.74, 6) is 0.828. The van der Waals surface area contributed by atoms with Crippen molar-refractivity contribution in [2.45, 2.75) is 6.18 Å². The van der Waals surface area contributed by atoms with E-state index in [1.54, 1.807) is 24.3 Å². The Morgan fingerprint density at radius 1 is 1.09 bits per heavy atom. The number of hydrogen-bond donors (Lipinski definition) is 1. The zero-order valence-corrected chi connectivity index (χ0v) is 12.4. The summed E-state index contributed by atoms with van der Waals surface area (Å²) in [5.41, 5.74) is 6.56. The second-order valence-electron chi connectivity index (χ2n) is 4.75. The summed E-state index contributed by atoms with van der Waals surface area (Å²) in [6.07, 6.45) is -4.37. The molecule has 120 valence electrons. The molecule has 6 heteroatoms. The molecule has 0 fully saturated rings. The van der Waals surface area contributed by atoms with E-state index in [4.69, 9.17) is 10.5 Å². The van der Waals surface area contributed by atoms with Gasteiger partial charge in [0.1, 0.15) is 11.6 Å². The zero-order chi connectivity index (χ0) is 17.0. The van der Waals surface area contributed by atoms with Crippen LogP contribution >= 0.6 is 0 Å². The van der Waals surface area contributed by atoms with Crippen molar-refractivity contribution in [2.24, 2.45) is 10.7 Å². The largest absolute Gasteiger partial charge is 0.497 e. The van der Waals surface area contributed by atoms with Gasteiger partial charge in [0.05, 0.1) is 18.4 Å². The Bertz CT molecular complexity index is 734. The lowest BCUT2D eigenvalue weighted by Gasteiger charge is -2.08. The van der Waals surface area contributed by atoms with E-state index in [9.17, 15) is 13.2 Å². The van der Waals surface area contributed by atoms with Crippen LogP contribution in [0.5, 0.6) is 5.75 Å². The molecule has 2 aromatic carbocycles. The first-order valence-corrected chi connectivity index (χ1v) is 6.66. The number of nitrogens with zero attached hydrogens (tertiary/aromatic N) is 1. The Labute approximate surface area is 131 Å². The van der Waals surface area contributed by atoms with E-state index in [2.05, 4.69) is 11.6 Å². The topological polar surface area (TPSA) is 47.6 Å². The maximum Gasteiger partial charge on any atom is 0.416 e. The van der Waals surface area contributed by atoms with Crippen LogP contribution in [0.4, 0.5) is 13.2 Å². The molecule has 0 unspecified atom stereocenters. The van der Waals surface area contributed by atoms with Gasteiger partial charge in [-0.15, -0.1) is 0 Å². The fourth-order valence-corrected chi connectivity index (χ4v) is 1.91. The van der Waals surface area contributed by atoms with E-state index in [1.807, 2.05) is 0 Å². The van der Waals surface area contributed by atoms with Crippen molar-refractivity contribution in [3.05, 3.63) is 71.8 Å². The number of halogens is 3. The second-order valence-corrected chi connectivity index (χ2v) is 4.75. The average molecular weight is 320 g/mol. The average Bonchev–Trinajstić information content (AvgIpc) is 2.54. The number of aliphatic imine (C=N–C) groups is 1. The highest BCUT2D eigenvalue weighted by Gasteiger charge is 2.29. The molecule has 23 heavy (non-hydrogen) atoms. The van der Waals surface area contributed by atoms with E-state index in [0.29, 0.717) is 16.9 Å². The third-order valence-corrected chi connectivity index (χ3v) is 3.17. The number of amidine groups is 1. The summed E-state index contributed by atoms with van der Waals surface area (Å²) in [7, 11) is 1.54. The first-order chi connectivity index (χ1) is 10.8. The van der Waals surface area contributed by atoms with Crippen molar-refractivity contribution in [2.75, 3.05) is 7.11 Å². The number of alkyl halides is 3. The number of benzene rings is 2. The minimum absolute atomic E-state index is 0.203. The molecule has 0 radical (unpaired) electrons. The van der Waals surface area contributed by atoms with Crippen LogP contribution in [0.3, 0.4) is 0 Å². The van der Waals surface area contributed by atoms with E-state index in [-0.39, 0.29) is 11.5 Å². The van der Waals surface area contributed by atoms with Crippen molar-refractivity contribution >= 4 is 11.5 Å². The molecule has 2 N–H and O–H groups in total. The van der Waals surface area contributed by atoms with Crippen molar-refractivity contribution in [1.82, 2.24) is 0 Å². The molecule has 0 amide bonds. The highest BCUT2D eigenvalue weighted by molar-refractivity contribution is 6.00. The van der Waals surface area contributed by atoms with E-state index in [1.165, 1.54) is 19.2 Å². The molecule has 0 saturated carbocycles. The molecule has 0 atom stereocenters. The van der Waals surface area contributed by atoms with Gasteiger partial charge >= 0.3 is 6.18 Å². The predicted molar refractivity (Wildman–Crippen MR) is 84.2 cm³/mol. The van der Waals surface area contributed by atoms with Crippen molar-refractivity contribution in [1.29, 1.82) is 0 Å². The molecule has 2 rings (SSSR count). The summed E-state index contributed by atoms with van der Waals surface area (Å²) < 4.78 is 42.7. The van der Waals surface area contributed by atoms with Crippen LogP contribution in [0.1, 0.15) is 16.7 Å². The fraction of sp³-hybridized carbons (Fsp3) is 0.118. The van der Waals surface area contributed by atoms with Gasteiger partial charge in [-0.05, 0) is 29.8 Å². The number of ether oxygens (including phenoxy) is 1. The van der Waals surface area contributed by atoms with Gasteiger partial charge in [0, 0.05) is 5.56 Å². The van der Waals surface area contributed by atoms with Gasteiger partial charge in [-0.3, -0.25) is 0 Å². The Hall–Kier alpha value is -2.76. The highest BCUT2D eigenvalue weighted by atomic mass is 19.4. The van der Waals surface area contributed by atoms with Crippen molar-refractivity contribution in [3.8, 4) is 5.75 Å². The SMILES string of the molecule is C=C(N=C(N)c1cccc(OC)c1)c1ccc(C(F)(F)F)cc1. The maximum atomic E-state index is 12.5. The molecule has 0 saturated heterocycles. The second kappa shape index (κ2) is 6.56. The zero-order valence-electron chi connectivity index (χ0n) is 12.4. The van der Waals surface area contributed by atoms with Crippen LogP contribution in [0, 0.1) is 0 Å². The molecule has 0 bridgehead atoms. The molecular formula is C17H15F3N2O. The monoisotopic (exact) mass is 320 g/mol. The van der Waals surface area contributed by atoms with Gasteiger partial charge in [-0.2, -0.15) is 13.2 Å². The van der Waals surface area contributed by atoms with Crippen LogP contribution in [0.2, 0.25) is 0 Å². The summed E-state index contributed by atoms with van der Waals surface area (Å²) in [5, 5.41) is 0. The van der Waals surface area contributed by atoms with Gasteiger partial charge in [-0.25, -0.2) is 4.99 Å². The number of methoxy groups -OCH3 is 1. The smallest absolute Gasteiger partial charge is 0.416 e. The Morgan fingerprint density at radius 3 is 2.30 bits per heavy atom. The first kappa shape index (κ1) is 16.6. The number of rotatable bonds is 4. The van der Waals surface area contributed by atoms with Gasteiger partial charge < -0.3 is 10.5 Å². The summed E-state index contributed by atoms with van der Waals surface area (Å²) in [4.78, 5) is 4.15. The number of nitrogens with two attached hydrogens (primary N) is 1. The quantitative estimate of drug-likeness (QED) is 0.681. The standard InChI is InChI=1S/C17H15F3N2O/c1-11(12-6-8-14(9-7-12)17(18,19)20)22-16(21)13-4-3-5-15(10-13)23-2/h3-10H,1H2,2H3,(H2,21,22). The lowest BCUT2D eigenvalue weighted by Crippen LogP contribution is -2.13. The Balaban J connectivity index is 2.22. The van der Waals surface area contributed by atoms with Crippen LogP contribution in [-0.2, 0) is 6.18 Å². The lowest BCUT2D eigenvalue weighted by molar-refractivity contribution is -0.137. The molecule has 2 aromatic rings. The number of hydrogen-bond acceptors (Lipinski definition) is 2. The molecule has 0 aromatic heterocycles. The van der Waals surface area contributed by atoms with Crippen molar-refractivity contribution < 1.29 is 17.9 Å². The summed E-state index contributed by atoms with van der Waals surface area (Å²) in [6.45, 7) is 3.74. The van der Waals surface area contributed by atoms with Crippen LogP contribution in [0.15, 0.2) is 60.1 Å². The third-order valence-electron chi connectivity index (χ3n) is 3.17. The molecule has 0 aliphatic carbocycles. The molecule has 0 aliphatic heterocycles. The lowest BCUT2D eigenvalue weighted by atomic mass is 10.1. The third kappa shape index (κ3) is 4.12. The minimum atomic E-state index is -4.37. The predicted octanol–water partition coefficient (Wildman–Crippen LogP) is 4.09. The van der Waals surface area contributed by atoms with Crippen molar-refractivity contribution in [3.63, 3.8) is 0 Å². The molecule has 0 spiro atoms. The minimum Gasteiger partial charge on any atom is -0.497 e. The Kier molecular flexibility index (Phi) is 4.74. The molecular weight excluding hydrogens is 305 g/mol. The van der Waals surface area contributed by atoms with E-state index >= 15 is 0 Å². The molecule has 3 nitrogen and oxygen atoms in total. The van der Waals surface area contributed by atoms with Gasteiger partial charge in [0.15, 0.2) is 0 Å².